The Balaban J connectivity index is 2.30. The Hall–Kier alpha value is -2.55. The number of nitrogens with two attached hydrogens (primary N) is 1. The molecule has 18 heavy (non-hydrogen) atoms. The van der Waals surface area contributed by atoms with E-state index in [9.17, 15) is 4.79 Å². The average Bonchev–Trinajstić information content (AvgIpc) is 2.82. The Bertz CT molecular complexity index is 728. The summed E-state index contributed by atoms with van der Waals surface area (Å²) in [5, 5.41) is 1.09. The quantitative estimate of drug-likeness (QED) is 0.706. The zero-order valence-corrected chi connectivity index (χ0v) is 9.68. The first-order valence-corrected chi connectivity index (χ1v) is 5.72. The van der Waals surface area contributed by atoms with Gasteiger partial charge in [0, 0.05) is 28.2 Å². The second-order valence-electron chi connectivity index (χ2n) is 4.16. The topological polar surface area (TPSA) is 58.9 Å². The second kappa shape index (κ2) is 4.04. The minimum atomic E-state index is -0.407. The number of carbonyl (C=O) groups is 1. The molecule has 2 aromatic carbocycles. The fourth-order valence-corrected chi connectivity index (χ4v) is 2.23. The van der Waals surface area contributed by atoms with Gasteiger partial charge in [-0.2, -0.15) is 0 Å². The lowest BCUT2D eigenvalue weighted by molar-refractivity contribution is 0.100. The molecule has 1 aromatic heterocycles. The first-order chi connectivity index (χ1) is 8.77. The van der Waals surface area contributed by atoms with Gasteiger partial charge in [0.25, 0.3) is 0 Å². The molecule has 0 radical (unpaired) electrons. The number of hydrogen-bond donors (Lipinski definition) is 2. The maximum atomic E-state index is 11.5. The molecule has 3 nitrogen and oxygen atoms in total. The Kier molecular flexibility index (Phi) is 2.38. The molecule has 1 heterocycles. The molecule has 1 amide bonds. The number of aromatic amines is 1. The maximum absolute atomic E-state index is 11.5. The van der Waals surface area contributed by atoms with E-state index in [1.54, 1.807) is 6.07 Å². The summed E-state index contributed by atoms with van der Waals surface area (Å²) in [4.78, 5) is 14.7. The highest BCUT2D eigenvalue weighted by molar-refractivity contribution is 6.05. The number of fused-ring (bicyclic) bond motifs is 1. The van der Waals surface area contributed by atoms with Crippen molar-refractivity contribution in [2.75, 3.05) is 0 Å². The molecule has 0 unspecified atom stereocenters. The SMILES string of the molecule is NC(=O)c1ccccc1-c1c[nH]c2ccccc12. The Morgan fingerprint density at radius 1 is 0.944 bits per heavy atom. The van der Waals surface area contributed by atoms with E-state index in [2.05, 4.69) is 4.98 Å². The molecule has 0 aliphatic rings. The van der Waals surface area contributed by atoms with Gasteiger partial charge < -0.3 is 10.7 Å². The molecular formula is C15H12N2O. The van der Waals surface area contributed by atoms with Crippen molar-refractivity contribution in [1.82, 2.24) is 4.98 Å². The minimum Gasteiger partial charge on any atom is -0.366 e. The normalized spacial score (nSPS) is 10.7. The van der Waals surface area contributed by atoms with Crippen LogP contribution in [0, 0.1) is 0 Å². The third-order valence-corrected chi connectivity index (χ3v) is 3.07. The van der Waals surface area contributed by atoms with Crippen molar-refractivity contribution in [3.8, 4) is 11.1 Å². The van der Waals surface area contributed by atoms with Gasteiger partial charge in [-0.1, -0.05) is 36.4 Å². The van der Waals surface area contributed by atoms with Gasteiger partial charge in [0.05, 0.1) is 0 Å². The Morgan fingerprint density at radius 3 is 2.50 bits per heavy atom. The first-order valence-electron chi connectivity index (χ1n) is 5.72. The van der Waals surface area contributed by atoms with Crippen molar-refractivity contribution in [3.63, 3.8) is 0 Å². The summed E-state index contributed by atoms with van der Waals surface area (Å²) < 4.78 is 0. The molecule has 0 atom stereocenters. The van der Waals surface area contributed by atoms with Crippen molar-refractivity contribution in [2.45, 2.75) is 0 Å². The highest BCUT2D eigenvalue weighted by Crippen LogP contribution is 2.30. The van der Waals surface area contributed by atoms with Crippen LogP contribution in [0.15, 0.2) is 54.7 Å². The molecule has 0 bridgehead atoms. The third kappa shape index (κ3) is 1.57. The molecule has 0 spiro atoms. The number of benzene rings is 2. The number of hydrogen-bond acceptors (Lipinski definition) is 1. The van der Waals surface area contributed by atoms with E-state index in [0.717, 1.165) is 22.0 Å². The summed E-state index contributed by atoms with van der Waals surface area (Å²) in [7, 11) is 0. The van der Waals surface area contributed by atoms with Crippen LogP contribution in [-0.4, -0.2) is 10.9 Å². The van der Waals surface area contributed by atoms with Gasteiger partial charge in [-0.05, 0) is 17.7 Å². The zero-order chi connectivity index (χ0) is 12.5. The van der Waals surface area contributed by atoms with Gasteiger partial charge in [0.2, 0.25) is 5.91 Å². The maximum Gasteiger partial charge on any atom is 0.249 e. The number of rotatable bonds is 2. The summed E-state index contributed by atoms with van der Waals surface area (Å²) >= 11 is 0. The summed E-state index contributed by atoms with van der Waals surface area (Å²) in [5.41, 5.74) is 8.87. The van der Waals surface area contributed by atoms with Crippen LogP contribution in [0.5, 0.6) is 0 Å². The van der Waals surface area contributed by atoms with Crippen LogP contribution in [0.4, 0.5) is 0 Å². The lowest BCUT2D eigenvalue weighted by atomic mass is 9.99. The van der Waals surface area contributed by atoms with Gasteiger partial charge in [0.15, 0.2) is 0 Å². The zero-order valence-electron chi connectivity index (χ0n) is 9.68. The molecule has 0 saturated carbocycles. The summed E-state index contributed by atoms with van der Waals surface area (Å²) in [6, 6.07) is 15.4. The molecule has 3 rings (SSSR count). The summed E-state index contributed by atoms with van der Waals surface area (Å²) in [6.07, 6.45) is 1.91. The Morgan fingerprint density at radius 2 is 1.67 bits per heavy atom. The van der Waals surface area contributed by atoms with Gasteiger partial charge in [-0.3, -0.25) is 4.79 Å². The predicted octanol–water partition coefficient (Wildman–Crippen LogP) is 2.93. The molecule has 0 fully saturated rings. The lowest BCUT2D eigenvalue weighted by Crippen LogP contribution is -2.12. The van der Waals surface area contributed by atoms with E-state index in [-0.39, 0.29) is 0 Å². The van der Waals surface area contributed by atoms with Gasteiger partial charge in [-0.25, -0.2) is 0 Å². The van der Waals surface area contributed by atoms with Gasteiger partial charge in [-0.15, -0.1) is 0 Å². The second-order valence-corrected chi connectivity index (χ2v) is 4.16. The molecule has 88 valence electrons. The van der Waals surface area contributed by atoms with Crippen LogP contribution >= 0.6 is 0 Å². The molecule has 3 aromatic rings. The summed E-state index contributed by atoms with van der Waals surface area (Å²) in [6.45, 7) is 0. The average molecular weight is 236 g/mol. The molecule has 0 saturated heterocycles. The number of aromatic nitrogens is 1. The molecule has 0 aliphatic heterocycles. The number of nitrogens with one attached hydrogen (secondary N) is 1. The van der Waals surface area contributed by atoms with E-state index in [4.69, 9.17) is 5.73 Å². The van der Waals surface area contributed by atoms with E-state index >= 15 is 0 Å². The van der Waals surface area contributed by atoms with Crippen LogP contribution in [-0.2, 0) is 0 Å². The van der Waals surface area contributed by atoms with E-state index in [0.29, 0.717) is 5.56 Å². The number of carbonyl (C=O) groups excluding carboxylic acids is 1. The molecule has 3 N–H and O–H groups in total. The van der Waals surface area contributed by atoms with Crippen LogP contribution in [0.1, 0.15) is 10.4 Å². The first kappa shape index (κ1) is 10.6. The summed E-state index contributed by atoms with van der Waals surface area (Å²) in [5.74, 6) is -0.407. The fourth-order valence-electron chi connectivity index (χ4n) is 2.23. The van der Waals surface area contributed by atoms with E-state index < -0.39 is 5.91 Å². The van der Waals surface area contributed by atoms with Crippen molar-refractivity contribution in [2.24, 2.45) is 5.73 Å². The van der Waals surface area contributed by atoms with Crippen molar-refractivity contribution in [1.29, 1.82) is 0 Å². The van der Waals surface area contributed by atoms with Gasteiger partial charge in [0.1, 0.15) is 0 Å². The standard InChI is InChI=1S/C15H12N2O/c16-15(18)12-7-2-1-5-10(12)13-9-17-14-8-4-3-6-11(13)14/h1-9,17H,(H2,16,18). The van der Waals surface area contributed by atoms with Crippen LogP contribution in [0.2, 0.25) is 0 Å². The predicted molar refractivity (Wildman–Crippen MR) is 72.3 cm³/mol. The van der Waals surface area contributed by atoms with Crippen LogP contribution in [0.25, 0.3) is 22.0 Å². The smallest absolute Gasteiger partial charge is 0.249 e. The van der Waals surface area contributed by atoms with Gasteiger partial charge >= 0.3 is 0 Å². The third-order valence-electron chi connectivity index (χ3n) is 3.07. The number of H-pyrrole nitrogens is 1. The molecule has 0 aliphatic carbocycles. The highest BCUT2D eigenvalue weighted by Gasteiger charge is 2.12. The number of para-hydroxylation sites is 1. The number of amides is 1. The Labute approximate surface area is 104 Å². The largest absolute Gasteiger partial charge is 0.366 e. The van der Waals surface area contributed by atoms with Crippen LogP contribution in [0.3, 0.4) is 0 Å². The van der Waals surface area contributed by atoms with Crippen molar-refractivity contribution >= 4 is 16.8 Å². The lowest BCUT2D eigenvalue weighted by Gasteiger charge is -2.05. The monoisotopic (exact) mass is 236 g/mol. The molecule has 3 heteroatoms. The highest BCUT2D eigenvalue weighted by atomic mass is 16.1. The van der Waals surface area contributed by atoms with Crippen LogP contribution < -0.4 is 5.73 Å². The fraction of sp³-hybridized carbons (Fsp3) is 0. The van der Waals surface area contributed by atoms with E-state index in [1.807, 2.05) is 48.7 Å². The van der Waals surface area contributed by atoms with Crippen molar-refractivity contribution in [3.05, 3.63) is 60.3 Å². The van der Waals surface area contributed by atoms with E-state index in [1.165, 1.54) is 0 Å². The van der Waals surface area contributed by atoms with Crippen molar-refractivity contribution < 1.29 is 4.79 Å². The number of primary amides is 1. The molecular weight excluding hydrogens is 224 g/mol. The minimum absolute atomic E-state index is 0.407.